The number of cyclic esters (lactones) is 1. The molecule has 0 spiro atoms. The SMILES string of the molecule is O=C1O[C@H]([C@@H](O)CO)C(O)=C1OP(=O)(O)OP(=O)(O)O.[H-].[H-].[Na+].[Na+]. The zero-order valence-electron chi connectivity index (χ0n) is 13.4. The Hall–Kier alpha value is 1.03. The van der Waals surface area contributed by atoms with E-state index in [4.69, 9.17) is 19.8 Å². The van der Waals surface area contributed by atoms with E-state index in [1.165, 1.54) is 0 Å². The minimum atomic E-state index is -5.43. The first-order valence-corrected chi connectivity index (χ1v) is 7.71. The first-order valence-electron chi connectivity index (χ1n) is 4.69. The molecule has 0 radical (unpaired) electrons. The van der Waals surface area contributed by atoms with Crippen LogP contribution in [0, 0.1) is 0 Å². The topological polar surface area (TPSA) is 200 Å². The summed E-state index contributed by atoms with van der Waals surface area (Å²) >= 11 is 0. The zero-order valence-corrected chi connectivity index (χ0v) is 17.2. The molecule has 0 saturated heterocycles. The third-order valence-corrected chi connectivity index (χ3v) is 3.96. The van der Waals surface area contributed by atoms with Gasteiger partial charge >= 0.3 is 80.7 Å². The van der Waals surface area contributed by atoms with Gasteiger partial charge in [0.05, 0.1) is 6.61 Å². The van der Waals surface area contributed by atoms with Crippen molar-refractivity contribution in [2.75, 3.05) is 6.61 Å². The Balaban J connectivity index is -0.000000500. The van der Waals surface area contributed by atoms with E-state index in [0.717, 1.165) is 0 Å². The first kappa shape index (κ1) is 25.3. The fourth-order valence-corrected chi connectivity index (χ4v) is 2.77. The molecule has 22 heavy (non-hydrogen) atoms. The molecule has 0 aliphatic carbocycles. The predicted molar refractivity (Wildman–Crippen MR) is 58.9 cm³/mol. The van der Waals surface area contributed by atoms with Crippen LogP contribution in [0.1, 0.15) is 2.85 Å². The van der Waals surface area contributed by atoms with Gasteiger partial charge in [-0.2, -0.15) is 4.31 Å². The van der Waals surface area contributed by atoms with E-state index in [1.54, 1.807) is 0 Å². The van der Waals surface area contributed by atoms with Gasteiger partial charge < -0.3 is 37.2 Å². The number of carbonyl (C=O) groups is 1. The summed E-state index contributed by atoms with van der Waals surface area (Å²) in [6.07, 6.45) is -3.49. The molecular formula is C6H12Na2O12P2. The van der Waals surface area contributed by atoms with Gasteiger partial charge in [0.15, 0.2) is 11.9 Å². The molecule has 1 unspecified atom stereocenters. The molecule has 1 heterocycles. The largest absolute Gasteiger partial charge is 1.00 e. The quantitative estimate of drug-likeness (QED) is 0.144. The zero-order chi connectivity index (χ0) is 15.7. The molecule has 6 N–H and O–H groups in total. The van der Waals surface area contributed by atoms with Crippen LogP contribution in [-0.4, -0.2) is 54.8 Å². The maximum absolute atomic E-state index is 11.2. The minimum absolute atomic E-state index is 0. The van der Waals surface area contributed by atoms with Crippen LogP contribution in [0.5, 0.6) is 0 Å². The first-order chi connectivity index (χ1) is 8.97. The number of hydrogen-bond donors (Lipinski definition) is 6. The maximum atomic E-state index is 11.2. The molecule has 1 rings (SSSR count). The molecule has 120 valence electrons. The standard InChI is InChI=1S/C6H10O12P2.2Na.2H/c7-1-2(8)4-3(9)5(6(10)16-4)17-20(14,15)18-19(11,12)13;;;;/h2,4,7-9H,1H2,(H,14,15)(H2,11,12,13);;;;/q;2*+1;2*-1/t2-,4+;;;;/m0..../s1. The number of esters is 1. The minimum Gasteiger partial charge on any atom is -1.00 e. The van der Waals surface area contributed by atoms with Crippen LogP contribution in [0.3, 0.4) is 0 Å². The summed E-state index contributed by atoms with van der Waals surface area (Å²) in [4.78, 5) is 36.9. The Morgan fingerprint density at radius 1 is 1.27 bits per heavy atom. The van der Waals surface area contributed by atoms with E-state index in [0.29, 0.717) is 0 Å². The van der Waals surface area contributed by atoms with Crippen molar-refractivity contribution in [3.8, 4) is 0 Å². The Morgan fingerprint density at radius 3 is 2.18 bits per heavy atom. The second kappa shape index (κ2) is 9.50. The van der Waals surface area contributed by atoms with Crippen molar-refractivity contribution in [1.82, 2.24) is 0 Å². The monoisotopic (exact) mass is 384 g/mol. The molecule has 0 fully saturated rings. The van der Waals surface area contributed by atoms with Crippen LogP contribution < -0.4 is 59.1 Å². The van der Waals surface area contributed by atoms with Crippen molar-refractivity contribution in [1.29, 1.82) is 0 Å². The number of hydrogen-bond acceptors (Lipinski definition) is 9. The number of aliphatic hydroxyl groups is 3. The van der Waals surface area contributed by atoms with Gasteiger partial charge in [0, 0.05) is 0 Å². The summed E-state index contributed by atoms with van der Waals surface area (Å²) in [6, 6.07) is 0. The van der Waals surface area contributed by atoms with Crippen molar-refractivity contribution in [3.05, 3.63) is 11.5 Å². The van der Waals surface area contributed by atoms with E-state index in [-0.39, 0.29) is 62.0 Å². The van der Waals surface area contributed by atoms with Crippen molar-refractivity contribution in [2.24, 2.45) is 0 Å². The second-order valence-corrected chi connectivity index (χ2v) is 6.18. The van der Waals surface area contributed by atoms with Crippen LogP contribution in [0.2, 0.25) is 0 Å². The van der Waals surface area contributed by atoms with Crippen molar-refractivity contribution < 1.29 is 119 Å². The Morgan fingerprint density at radius 2 is 1.77 bits per heavy atom. The third-order valence-electron chi connectivity index (χ3n) is 1.87. The number of rotatable bonds is 6. The summed E-state index contributed by atoms with van der Waals surface area (Å²) < 4.78 is 33.3. The van der Waals surface area contributed by atoms with Gasteiger partial charge in [-0.3, -0.25) is 4.89 Å². The Kier molecular flexibility index (Phi) is 10.9. The molecule has 0 aromatic carbocycles. The molecule has 12 nitrogen and oxygen atoms in total. The Labute approximate surface area is 170 Å². The van der Waals surface area contributed by atoms with Crippen LogP contribution in [0.15, 0.2) is 11.5 Å². The third kappa shape index (κ3) is 7.29. The normalized spacial score (nSPS) is 22.0. The van der Waals surface area contributed by atoms with Gasteiger partial charge in [0.1, 0.15) is 6.10 Å². The number of carbonyl (C=O) groups excluding carboxylic acids is 1. The van der Waals surface area contributed by atoms with Crippen LogP contribution in [-0.2, 0) is 27.5 Å². The maximum Gasteiger partial charge on any atom is 1.00 e. The van der Waals surface area contributed by atoms with Crippen LogP contribution in [0.4, 0.5) is 0 Å². The fraction of sp³-hybridized carbons (Fsp3) is 0.500. The molecule has 1 aliphatic heterocycles. The van der Waals surface area contributed by atoms with Gasteiger partial charge in [-0.25, -0.2) is 13.9 Å². The molecule has 16 heteroatoms. The van der Waals surface area contributed by atoms with Gasteiger partial charge in [-0.1, -0.05) is 0 Å². The molecule has 0 bridgehead atoms. The van der Waals surface area contributed by atoms with Crippen molar-refractivity contribution in [2.45, 2.75) is 12.2 Å². The molecule has 0 amide bonds. The van der Waals surface area contributed by atoms with Crippen molar-refractivity contribution >= 4 is 21.6 Å². The van der Waals surface area contributed by atoms with Gasteiger partial charge in [-0.15, -0.1) is 0 Å². The van der Waals surface area contributed by atoms with Crippen LogP contribution in [0.25, 0.3) is 0 Å². The number of aliphatic hydroxyl groups excluding tert-OH is 3. The molecule has 0 saturated carbocycles. The van der Waals surface area contributed by atoms with E-state index in [2.05, 4.69) is 13.6 Å². The second-order valence-electron chi connectivity index (χ2n) is 3.42. The number of phosphoric ester groups is 1. The smallest absolute Gasteiger partial charge is 1.00 e. The summed E-state index contributed by atoms with van der Waals surface area (Å²) in [5.74, 6) is -3.91. The van der Waals surface area contributed by atoms with E-state index in [1.807, 2.05) is 0 Å². The predicted octanol–water partition coefficient (Wildman–Crippen LogP) is -7.51. The van der Waals surface area contributed by atoms with Crippen molar-refractivity contribution in [3.63, 3.8) is 0 Å². The molecular weight excluding hydrogens is 372 g/mol. The molecule has 0 aromatic rings. The summed E-state index contributed by atoms with van der Waals surface area (Å²) in [7, 11) is -10.8. The summed E-state index contributed by atoms with van der Waals surface area (Å²) in [6.45, 7) is -0.912. The Bertz CT molecular complexity index is 538. The van der Waals surface area contributed by atoms with E-state index >= 15 is 0 Å². The number of phosphoric acid groups is 2. The van der Waals surface area contributed by atoms with Crippen LogP contribution >= 0.6 is 15.6 Å². The van der Waals surface area contributed by atoms with E-state index < -0.39 is 51.9 Å². The number of ether oxygens (including phenoxy) is 1. The van der Waals surface area contributed by atoms with E-state index in [9.17, 15) is 24.1 Å². The van der Waals surface area contributed by atoms with Gasteiger partial charge in [0.25, 0.3) is 5.76 Å². The van der Waals surface area contributed by atoms with Gasteiger partial charge in [0.2, 0.25) is 0 Å². The molecule has 0 aromatic heterocycles. The summed E-state index contributed by atoms with van der Waals surface area (Å²) in [5, 5.41) is 27.2. The van der Waals surface area contributed by atoms with Gasteiger partial charge in [-0.05, 0) is 0 Å². The molecule has 3 atom stereocenters. The summed E-state index contributed by atoms with van der Waals surface area (Å²) in [5.41, 5.74) is 0. The average Bonchev–Trinajstić information content (AvgIpc) is 2.52. The molecule has 1 aliphatic rings. The fourth-order valence-electron chi connectivity index (χ4n) is 1.17. The average molecular weight is 384 g/mol.